The monoisotopic (exact) mass is 196 g/mol. The summed E-state index contributed by atoms with van der Waals surface area (Å²) in [7, 11) is 1.67. The van der Waals surface area contributed by atoms with Gasteiger partial charge in [0, 0.05) is 31.7 Å². The number of aromatic nitrogens is 1. The maximum atomic E-state index is 5.29. The van der Waals surface area contributed by atoms with Crippen LogP contribution >= 0.6 is 0 Å². The van der Waals surface area contributed by atoms with Crippen LogP contribution in [0.2, 0.25) is 0 Å². The lowest BCUT2D eigenvalue weighted by Gasteiger charge is -2.06. The van der Waals surface area contributed by atoms with E-state index in [1.54, 1.807) is 19.5 Å². The number of pyridine rings is 1. The first kappa shape index (κ1) is 10.9. The number of anilines is 1. The highest BCUT2D eigenvalue weighted by atomic mass is 16.5. The van der Waals surface area contributed by atoms with Crippen molar-refractivity contribution < 1.29 is 9.47 Å². The number of nitrogens with zero attached hydrogens (tertiary/aromatic N) is 1. The van der Waals surface area contributed by atoms with Crippen molar-refractivity contribution in [2.24, 2.45) is 0 Å². The van der Waals surface area contributed by atoms with Crippen molar-refractivity contribution in [3.8, 4) is 0 Å². The molecule has 0 aliphatic heterocycles. The summed E-state index contributed by atoms with van der Waals surface area (Å²) in [6.45, 7) is 2.78. The molecular weight excluding hydrogens is 180 g/mol. The van der Waals surface area contributed by atoms with Crippen LogP contribution in [0.15, 0.2) is 24.5 Å². The molecule has 0 fully saturated rings. The minimum Gasteiger partial charge on any atom is -0.383 e. The molecule has 14 heavy (non-hydrogen) atoms. The van der Waals surface area contributed by atoms with Crippen LogP contribution < -0.4 is 5.32 Å². The second-order valence-corrected chi connectivity index (χ2v) is 2.77. The van der Waals surface area contributed by atoms with E-state index in [-0.39, 0.29) is 0 Å². The third kappa shape index (κ3) is 4.79. The van der Waals surface area contributed by atoms with E-state index in [1.807, 2.05) is 12.1 Å². The Hall–Kier alpha value is -1.13. The Bertz CT molecular complexity index is 229. The van der Waals surface area contributed by atoms with E-state index >= 15 is 0 Å². The summed E-state index contributed by atoms with van der Waals surface area (Å²) in [5.74, 6) is 0. The van der Waals surface area contributed by atoms with Gasteiger partial charge in [0.1, 0.15) is 0 Å². The lowest BCUT2D eigenvalue weighted by atomic mass is 10.4. The maximum Gasteiger partial charge on any atom is 0.0701 e. The number of nitrogens with one attached hydrogen (secondary N) is 1. The Balaban J connectivity index is 1.99. The Morgan fingerprint density at radius 3 is 2.71 bits per heavy atom. The molecule has 1 heterocycles. The molecule has 4 nitrogen and oxygen atoms in total. The quantitative estimate of drug-likeness (QED) is 0.664. The molecule has 0 unspecified atom stereocenters. The second kappa shape index (κ2) is 7.29. The molecule has 0 aromatic carbocycles. The molecular formula is C10H16N2O2. The van der Waals surface area contributed by atoms with Crippen molar-refractivity contribution in [1.82, 2.24) is 4.98 Å². The van der Waals surface area contributed by atoms with Crippen molar-refractivity contribution in [3.05, 3.63) is 24.5 Å². The fourth-order valence-corrected chi connectivity index (χ4v) is 0.982. The molecule has 1 rings (SSSR count). The van der Waals surface area contributed by atoms with Gasteiger partial charge in [0.15, 0.2) is 0 Å². The lowest BCUT2D eigenvalue weighted by Crippen LogP contribution is -2.11. The van der Waals surface area contributed by atoms with Gasteiger partial charge >= 0.3 is 0 Å². The number of hydrogen-bond acceptors (Lipinski definition) is 4. The third-order valence-corrected chi connectivity index (χ3v) is 1.69. The Morgan fingerprint density at radius 1 is 1.21 bits per heavy atom. The van der Waals surface area contributed by atoms with Crippen LogP contribution in [0.4, 0.5) is 5.69 Å². The van der Waals surface area contributed by atoms with Gasteiger partial charge < -0.3 is 14.8 Å². The van der Waals surface area contributed by atoms with Gasteiger partial charge in [0.2, 0.25) is 0 Å². The molecule has 0 saturated carbocycles. The van der Waals surface area contributed by atoms with Gasteiger partial charge in [-0.3, -0.25) is 4.98 Å². The van der Waals surface area contributed by atoms with Gasteiger partial charge in [0.05, 0.1) is 19.8 Å². The van der Waals surface area contributed by atoms with E-state index in [9.17, 15) is 0 Å². The van der Waals surface area contributed by atoms with Crippen molar-refractivity contribution in [2.75, 3.05) is 38.8 Å². The van der Waals surface area contributed by atoms with Crippen LogP contribution in [0, 0.1) is 0 Å². The predicted molar refractivity (Wildman–Crippen MR) is 55.4 cm³/mol. The molecule has 1 N–H and O–H groups in total. The summed E-state index contributed by atoms with van der Waals surface area (Å²) < 4.78 is 10.1. The molecule has 0 aliphatic carbocycles. The zero-order valence-electron chi connectivity index (χ0n) is 8.40. The average Bonchev–Trinajstić information content (AvgIpc) is 2.25. The number of hydrogen-bond donors (Lipinski definition) is 1. The van der Waals surface area contributed by atoms with Gasteiger partial charge in [-0.1, -0.05) is 0 Å². The highest BCUT2D eigenvalue weighted by Gasteiger charge is 1.90. The summed E-state index contributed by atoms with van der Waals surface area (Å²) in [5, 5.41) is 3.22. The van der Waals surface area contributed by atoms with Crippen molar-refractivity contribution >= 4 is 5.69 Å². The molecule has 0 saturated heterocycles. The summed E-state index contributed by atoms with van der Waals surface area (Å²) in [4.78, 5) is 3.93. The minimum absolute atomic E-state index is 0.647. The van der Waals surface area contributed by atoms with Crippen molar-refractivity contribution in [2.45, 2.75) is 0 Å². The summed E-state index contributed by atoms with van der Waals surface area (Å²) >= 11 is 0. The Labute approximate surface area is 84.3 Å². The smallest absolute Gasteiger partial charge is 0.0701 e. The molecule has 0 bridgehead atoms. The van der Waals surface area contributed by atoms with Gasteiger partial charge in [-0.05, 0) is 12.1 Å². The first-order valence-corrected chi connectivity index (χ1v) is 4.64. The lowest BCUT2D eigenvalue weighted by molar-refractivity contribution is 0.0759. The number of methoxy groups -OCH3 is 1. The van der Waals surface area contributed by atoms with Gasteiger partial charge in [-0.2, -0.15) is 0 Å². The molecule has 1 aromatic rings. The van der Waals surface area contributed by atoms with Crippen LogP contribution in [0.3, 0.4) is 0 Å². The molecule has 0 atom stereocenters. The molecule has 1 aromatic heterocycles. The molecule has 0 spiro atoms. The summed E-state index contributed by atoms with van der Waals surface area (Å²) in [5.41, 5.74) is 1.07. The van der Waals surface area contributed by atoms with E-state index in [1.165, 1.54) is 0 Å². The van der Waals surface area contributed by atoms with E-state index in [2.05, 4.69) is 10.3 Å². The van der Waals surface area contributed by atoms with E-state index in [0.29, 0.717) is 19.8 Å². The van der Waals surface area contributed by atoms with Crippen molar-refractivity contribution in [3.63, 3.8) is 0 Å². The highest BCUT2D eigenvalue weighted by molar-refractivity contribution is 5.40. The second-order valence-electron chi connectivity index (χ2n) is 2.77. The van der Waals surface area contributed by atoms with Crippen molar-refractivity contribution in [1.29, 1.82) is 0 Å². The number of ether oxygens (including phenoxy) is 2. The normalized spacial score (nSPS) is 10.1. The maximum absolute atomic E-state index is 5.29. The van der Waals surface area contributed by atoms with Gasteiger partial charge in [-0.15, -0.1) is 0 Å². The first-order chi connectivity index (χ1) is 6.93. The zero-order valence-corrected chi connectivity index (χ0v) is 8.40. The van der Waals surface area contributed by atoms with Gasteiger partial charge in [-0.25, -0.2) is 0 Å². The average molecular weight is 196 g/mol. The topological polar surface area (TPSA) is 43.4 Å². The summed E-state index contributed by atoms with van der Waals surface area (Å²) in [6.07, 6.45) is 3.52. The molecule has 0 aliphatic rings. The van der Waals surface area contributed by atoms with E-state index < -0.39 is 0 Å². The minimum atomic E-state index is 0.647. The van der Waals surface area contributed by atoms with Crippen LogP contribution in [-0.2, 0) is 9.47 Å². The standard InChI is InChI=1S/C10H16N2O2/c1-13-8-9-14-7-6-12-10-2-4-11-5-3-10/h2-5H,6-9H2,1H3,(H,11,12). The highest BCUT2D eigenvalue weighted by Crippen LogP contribution is 2.01. The Morgan fingerprint density at radius 2 is 2.00 bits per heavy atom. The zero-order chi connectivity index (χ0) is 10.1. The molecule has 4 heteroatoms. The predicted octanol–water partition coefficient (Wildman–Crippen LogP) is 1.16. The third-order valence-electron chi connectivity index (χ3n) is 1.69. The number of rotatable bonds is 7. The van der Waals surface area contributed by atoms with E-state index in [4.69, 9.17) is 9.47 Å². The van der Waals surface area contributed by atoms with Gasteiger partial charge in [0.25, 0.3) is 0 Å². The molecule has 0 amide bonds. The van der Waals surface area contributed by atoms with E-state index in [0.717, 1.165) is 12.2 Å². The fraction of sp³-hybridized carbons (Fsp3) is 0.500. The SMILES string of the molecule is COCCOCCNc1ccncc1. The van der Waals surface area contributed by atoms with Crippen LogP contribution in [0.1, 0.15) is 0 Å². The first-order valence-electron chi connectivity index (χ1n) is 4.64. The largest absolute Gasteiger partial charge is 0.383 e. The summed E-state index contributed by atoms with van der Waals surface area (Å²) in [6, 6.07) is 3.85. The molecule has 78 valence electrons. The van der Waals surface area contributed by atoms with Crippen LogP contribution in [0.25, 0.3) is 0 Å². The van der Waals surface area contributed by atoms with Crippen LogP contribution in [0.5, 0.6) is 0 Å². The Kier molecular flexibility index (Phi) is 5.70. The fourth-order valence-electron chi connectivity index (χ4n) is 0.982. The van der Waals surface area contributed by atoms with Crippen LogP contribution in [-0.4, -0.2) is 38.5 Å². The molecule has 0 radical (unpaired) electrons.